The van der Waals surface area contributed by atoms with Gasteiger partial charge in [0.05, 0.1) is 4.99 Å². The molecule has 2 aromatic carbocycles. The number of rotatable bonds is 3. The Morgan fingerprint density at radius 2 is 1.53 bits per heavy atom. The first-order chi connectivity index (χ1) is 9.18. The zero-order valence-electron chi connectivity index (χ0n) is 10.8. The highest BCUT2D eigenvalue weighted by molar-refractivity contribution is 7.80. The molecule has 19 heavy (non-hydrogen) atoms. The van der Waals surface area contributed by atoms with Gasteiger partial charge in [0.25, 0.3) is 0 Å². The van der Waals surface area contributed by atoms with Crippen LogP contribution in [0.2, 0.25) is 0 Å². The molecule has 1 atom stereocenters. The van der Waals surface area contributed by atoms with E-state index in [-0.39, 0.29) is 5.92 Å². The van der Waals surface area contributed by atoms with Crippen molar-refractivity contribution < 1.29 is 0 Å². The van der Waals surface area contributed by atoms with Crippen LogP contribution in [0.4, 0.5) is 0 Å². The van der Waals surface area contributed by atoms with Crippen LogP contribution in [0.1, 0.15) is 6.92 Å². The summed E-state index contributed by atoms with van der Waals surface area (Å²) >= 11 is 5.10. The molecule has 2 nitrogen and oxygen atoms in total. The Labute approximate surface area is 117 Å². The second-order valence-electron chi connectivity index (χ2n) is 4.95. The van der Waals surface area contributed by atoms with Gasteiger partial charge in [0.15, 0.2) is 0 Å². The van der Waals surface area contributed by atoms with Gasteiger partial charge in [0.2, 0.25) is 0 Å². The van der Waals surface area contributed by atoms with Crippen molar-refractivity contribution >= 4 is 39.0 Å². The number of fused-ring (bicyclic) bond motifs is 3. The van der Waals surface area contributed by atoms with Crippen LogP contribution < -0.4 is 5.73 Å². The fourth-order valence-electron chi connectivity index (χ4n) is 2.56. The van der Waals surface area contributed by atoms with E-state index in [0.29, 0.717) is 4.99 Å². The van der Waals surface area contributed by atoms with E-state index in [2.05, 4.69) is 60.0 Å². The summed E-state index contributed by atoms with van der Waals surface area (Å²) in [5.41, 5.74) is 8.24. The lowest BCUT2D eigenvalue weighted by atomic mass is 10.2. The molecule has 0 aliphatic rings. The molecule has 1 aromatic heterocycles. The zero-order chi connectivity index (χ0) is 13.4. The molecule has 0 amide bonds. The van der Waals surface area contributed by atoms with Crippen LogP contribution in [0, 0.1) is 5.92 Å². The van der Waals surface area contributed by atoms with E-state index >= 15 is 0 Å². The van der Waals surface area contributed by atoms with Crippen molar-refractivity contribution in [2.45, 2.75) is 13.5 Å². The SMILES string of the molecule is CC(Cn1c2ccccc2c2ccccc21)C(N)=S. The Morgan fingerprint density at radius 1 is 1.05 bits per heavy atom. The average Bonchev–Trinajstić information content (AvgIpc) is 2.74. The zero-order valence-corrected chi connectivity index (χ0v) is 11.7. The molecule has 0 radical (unpaired) electrons. The van der Waals surface area contributed by atoms with Gasteiger partial charge in [-0.15, -0.1) is 0 Å². The van der Waals surface area contributed by atoms with Crippen LogP contribution in [0.3, 0.4) is 0 Å². The number of nitrogens with two attached hydrogens (primary N) is 1. The maximum atomic E-state index is 5.76. The van der Waals surface area contributed by atoms with Crippen LogP contribution >= 0.6 is 12.2 Å². The topological polar surface area (TPSA) is 30.9 Å². The first kappa shape index (κ1) is 12.2. The monoisotopic (exact) mass is 268 g/mol. The number of hydrogen-bond donors (Lipinski definition) is 1. The van der Waals surface area contributed by atoms with E-state index in [9.17, 15) is 0 Å². The summed E-state index contributed by atoms with van der Waals surface area (Å²) in [7, 11) is 0. The Morgan fingerprint density at radius 3 is 2.00 bits per heavy atom. The predicted molar refractivity (Wildman–Crippen MR) is 85.4 cm³/mol. The lowest BCUT2D eigenvalue weighted by Gasteiger charge is -2.13. The van der Waals surface area contributed by atoms with Gasteiger partial charge in [0.1, 0.15) is 0 Å². The van der Waals surface area contributed by atoms with Crippen molar-refractivity contribution in [2.75, 3.05) is 0 Å². The van der Waals surface area contributed by atoms with E-state index < -0.39 is 0 Å². The molecule has 0 spiro atoms. The lowest BCUT2D eigenvalue weighted by Crippen LogP contribution is -2.22. The lowest BCUT2D eigenvalue weighted by molar-refractivity contribution is 0.631. The van der Waals surface area contributed by atoms with Crippen molar-refractivity contribution in [1.29, 1.82) is 0 Å². The van der Waals surface area contributed by atoms with Crippen LogP contribution in [-0.2, 0) is 6.54 Å². The molecule has 0 bridgehead atoms. The minimum absolute atomic E-state index is 0.189. The molecular formula is C16H16N2S. The second-order valence-corrected chi connectivity index (χ2v) is 5.42. The van der Waals surface area contributed by atoms with Gasteiger partial charge >= 0.3 is 0 Å². The van der Waals surface area contributed by atoms with Crippen molar-refractivity contribution in [1.82, 2.24) is 4.57 Å². The number of nitrogens with zero attached hydrogens (tertiary/aromatic N) is 1. The molecule has 96 valence electrons. The number of aromatic nitrogens is 1. The first-order valence-electron chi connectivity index (χ1n) is 6.44. The summed E-state index contributed by atoms with van der Waals surface area (Å²) in [5, 5.41) is 2.57. The smallest absolute Gasteiger partial charge is 0.0773 e. The Balaban J connectivity index is 2.27. The summed E-state index contributed by atoms with van der Waals surface area (Å²) in [6.07, 6.45) is 0. The molecule has 1 unspecified atom stereocenters. The third-order valence-corrected chi connectivity index (χ3v) is 4.02. The van der Waals surface area contributed by atoms with Crippen molar-refractivity contribution in [3.05, 3.63) is 48.5 Å². The highest BCUT2D eigenvalue weighted by atomic mass is 32.1. The molecule has 0 fully saturated rings. The number of benzene rings is 2. The molecule has 3 heteroatoms. The van der Waals surface area contributed by atoms with E-state index in [1.807, 2.05) is 0 Å². The molecule has 0 aliphatic carbocycles. The molecular weight excluding hydrogens is 252 g/mol. The van der Waals surface area contributed by atoms with Gasteiger partial charge < -0.3 is 10.3 Å². The van der Waals surface area contributed by atoms with Gasteiger partial charge in [-0.05, 0) is 12.1 Å². The summed E-state index contributed by atoms with van der Waals surface area (Å²) in [6, 6.07) is 16.9. The van der Waals surface area contributed by atoms with Crippen LogP contribution in [-0.4, -0.2) is 9.56 Å². The largest absolute Gasteiger partial charge is 0.393 e. The fourth-order valence-corrected chi connectivity index (χ4v) is 2.64. The van der Waals surface area contributed by atoms with Gasteiger partial charge in [-0.2, -0.15) is 0 Å². The first-order valence-corrected chi connectivity index (χ1v) is 6.84. The number of para-hydroxylation sites is 2. The summed E-state index contributed by atoms with van der Waals surface area (Å²) in [5.74, 6) is 0.189. The predicted octanol–water partition coefficient (Wildman–Crippen LogP) is 3.72. The minimum atomic E-state index is 0.189. The van der Waals surface area contributed by atoms with Crippen molar-refractivity contribution in [3.8, 4) is 0 Å². The summed E-state index contributed by atoms with van der Waals surface area (Å²) in [4.78, 5) is 0.571. The van der Waals surface area contributed by atoms with Crippen LogP contribution in [0.15, 0.2) is 48.5 Å². The van der Waals surface area contributed by atoms with Crippen LogP contribution in [0.5, 0.6) is 0 Å². The molecule has 3 aromatic rings. The Kier molecular flexibility index (Phi) is 2.99. The number of hydrogen-bond acceptors (Lipinski definition) is 1. The van der Waals surface area contributed by atoms with Gasteiger partial charge in [-0.1, -0.05) is 55.5 Å². The molecule has 0 aliphatic heterocycles. The van der Waals surface area contributed by atoms with E-state index in [1.54, 1.807) is 0 Å². The Hall–Kier alpha value is -1.87. The fraction of sp³-hybridized carbons (Fsp3) is 0.188. The maximum absolute atomic E-state index is 5.76. The van der Waals surface area contributed by atoms with E-state index in [0.717, 1.165) is 6.54 Å². The van der Waals surface area contributed by atoms with Gasteiger partial charge in [-0.25, -0.2) is 0 Å². The summed E-state index contributed by atoms with van der Waals surface area (Å²) < 4.78 is 2.31. The third-order valence-electron chi connectivity index (χ3n) is 3.62. The highest BCUT2D eigenvalue weighted by Gasteiger charge is 2.13. The van der Waals surface area contributed by atoms with Crippen molar-refractivity contribution in [3.63, 3.8) is 0 Å². The maximum Gasteiger partial charge on any atom is 0.0773 e. The average molecular weight is 268 g/mol. The standard InChI is InChI=1S/C16H16N2S/c1-11(16(17)19)10-18-14-8-4-2-6-12(14)13-7-3-5-9-15(13)18/h2-9,11H,10H2,1H3,(H2,17,19). The third kappa shape index (κ3) is 2.00. The number of thiocarbonyl (C=S) groups is 1. The minimum Gasteiger partial charge on any atom is -0.393 e. The van der Waals surface area contributed by atoms with Gasteiger partial charge in [0, 0.05) is 34.3 Å². The highest BCUT2D eigenvalue weighted by Crippen LogP contribution is 2.29. The summed E-state index contributed by atoms with van der Waals surface area (Å²) in [6.45, 7) is 2.90. The quantitative estimate of drug-likeness (QED) is 0.734. The van der Waals surface area contributed by atoms with E-state index in [4.69, 9.17) is 18.0 Å². The molecule has 3 rings (SSSR count). The molecule has 2 N–H and O–H groups in total. The van der Waals surface area contributed by atoms with Crippen molar-refractivity contribution in [2.24, 2.45) is 11.7 Å². The molecule has 0 saturated carbocycles. The van der Waals surface area contributed by atoms with Crippen LogP contribution in [0.25, 0.3) is 21.8 Å². The Bertz CT molecular complexity index is 704. The normalized spacial score (nSPS) is 12.9. The van der Waals surface area contributed by atoms with Gasteiger partial charge in [-0.3, -0.25) is 0 Å². The molecule has 1 heterocycles. The second kappa shape index (κ2) is 4.67. The molecule has 0 saturated heterocycles. The van der Waals surface area contributed by atoms with E-state index in [1.165, 1.54) is 21.8 Å².